The Kier molecular flexibility index (Phi) is 3.82. The van der Waals surface area contributed by atoms with Gasteiger partial charge in [0.1, 0.15) is 5.75 Å². The highest BCUT2D eigenvalue weighted by Gasteiger charge is 2.30. The van der Waals surface area contributed by atoms with Crippen molar-refractivity contribution in [2.24, 2.45) is 0 Å². The van der Waals surface area contributed by atoms with Crippen LogP contribution in [0.5, 0.6) is 5.75 Å². The van der Waals surface area contributed by atoms with Crippen LogP contribution in [0.3, 0.4) is 0 Å². The van der Waals surface area contributed by atoms with E-state index in [-0.39, 0.29) is 17.4 Å². The van der Waals surface area contributed by atoms with Gasteiger partial charge in [0.05, 0.1) is 25.4 Å². The van der Waals surface area contributed by atoms with Crippen molar-refractivity contribution in [2.45, 2.75) is 19.0 Å². The molecule has 0 aliphatic carbocycles. The Morgan fingerprint density at radius 3 is 2.78 bits per heavy atom. The summed E-state index contributed by atoms with van der Waals surface area (Å²) in [5.41, 5.74) is 0.649. The molecule has 1 unspecified atom stereocenters. The lowest BCUT2D eigenvalue weighted by molar-refractivity contribution is 0.0129. The van der Waals surface area contributed by atoms with Gasteiger partial charge < -0.3 is 14.8 Å². The van der Waals surface area contributed by atoms with Crippen molar-refractivity contribution in [3.8, 4) is 5.75 Å². The number of nitrogens with one attached hydrogen (secondary N) is 1. The molecule has 1 aliphatic rings. The summed E-state index contributed by atoms with van der Waals surface area (Å²) in [6.45, 7) is 2.90. The first-order valence-electron chi connectivity index (χ1n) is 5.91. The second-order valence-corrected chi connectivity index (χ2v) is 4.41. The minimum atomic E-state index is -2.93. The predicted molar refractivity (Wildman–Crippen MR) is 64.1 cm³/mol. The van der Waals surface area contributed by atoms with Crippen LogP contribution in [0.4, 0.5) is 8.78 Å². The molecule has 100 valence electrons. The largest absolute Gasteiger partial charge is 0.496 e. The van der Waals surface area contributed by atoms with Gasteiger partial charge in [-0.1, -0.05) is 6.07 Å². The van der Waals surface area contributed by atoms with E-state index in [1.165, 1.54) is 13.2 Å². The van der Waals surface area contributed by atoms with Gasteiger partial charge >= 0.3 is 0 Å². The summed E-state index contributed by atoms with van der Waals surface area (Å²) in [5, 5.41) is 3.18. The van der Waals surface area contributed by atoms with Crippen molar-refractivity contribution in [3.63, 3.8) is 0 Å². The van der Waals surface area contributed by atoms with Crippen LogP contribution >= 0.6 is 0 Å². The van der Waals surface area contributed by atoms with Gasteiger partial charge in [0, 0.05) is 20.0 Å². The van der Waals surface area contributed by atoms with E-state index in [0.29, 0.717) is 13.2 Å². The number of methoxy groups -OCH3 is 1. The maximum absolute atomic E-state index is 13.5. The number of halogens is 2. The first-order chi connectivity index (χ1) is 8.52. The zero-order valence-electron chi connectivity index (χ0n) is 10.5. The highest BCUT2D eigenvalue weighted by Crippen LogP contribution is 2.36. The number of ether oxygens (including phenoxy) is 2. The van der Waals surface area contributed by atoms with Gasteiger partial charge in [-0.2, -0.15) is 0 Å². The van der Waals surface area contributed by atoms with Crippen LogP contribution in [0.15, 0.2) is 18.2 Å². The molecule has 1 N–H and O–H groups in total. The first kappa shape index (κ1) is 13.2. The van der Waals surface area contributed by atoms with Crippen LogP contribution < -0.4 is 10.1 Å². The fraction of sp³-hybridized carbons (Fsp3) is 0.538. The summed E-state index contributed by atoms with van der Waals surface area (Å²) in [7, 11) is 1.39. The molecular formula is C13H17F2NO2. The zero-order chi connectivity index (χ0) is 13.2. The molecular weight excluding hydrogens is 240 g/mol. The Morgan fingerprint density at radius 2 is 2.22 bits per heavy atom. The molecule has 0 radical (unpaired) electrons. The van der Waals surface area contributed by atoms with Crippen molar-refractivity contribution in [1.29, 1.82) is 0 Å². The molecule has 1 atom stereocenters. The Hall–Kier alpha value is -1.20. The second kappa shape index (κ2) is 5.20. The number of hydrogen-bond donors (Lipinski definition) is 1. The van der Waals surface area contributed by atoms with Gasteiger partial charge in [0.15, 0.2) is 0 Å². The molecule has 3 nitrogen and oxygen atoms in total. The molecule has 1 aromatic carbocycles. The Morgan fingerprint density at radius 1 is 1.44 bits per heavy atom. The fourth-order valence-corrected chi connectivity index (χ4v) is 2.05. The maximum Gasteiger partial charge on any atom is 0.274 e. The summed E-state index contributed by atoms with van der Waals surface area (Å²) >= 11 is 0. The maximum atomic E-state index is 13.5. The average Bonchev–Trinajstić information content (AvgIpc) is 2.38. The number of alkyl halides is 2. The Balaban J connectivity index is 2.33. The minimum absolute atomic E-state index is 0.100. The van der Waals surface area contributed by atoms with Crippen LogP contribution in [0.1, 0.15) is 24.2 Å². The molecule has 0 spiro atoms. The van der Waals surface area contributed by atoms with E-state index >= 15 is 0 Å². The molecule has 1 saturated heterocycles. The fourth-order valence-electron chi connectivity index (χ4n) is 2.05. The molecule has 5 heteroatoms. The summed E-state index contributed by atoms with van der Waals surface area (Å²) < 4.78 is 37.6. The standard InChI is InChI=1S/C13H17F2NO2/c1-13(14,15)10-7-9(3-4-11(10)17-2)12-8-16-5-6-18-12/h3-4,7,12,16H,5-6,8H2,1-2H3. The van der Waals surface area contributed by atoms with Gasteiger partial charge in [0.2, 0.25) is 0 Å². The smallest absolute Gasteiger partial charge is 0.274 e. The molecule has 1 aliphatic heterocycles. The van der Waals surface area contributed by atoms with Gasteiger partial charge in [-0.05, 0) is 17.7 Å². The molecule has 0 amide bonds. The molecule has 2 rings (SSSR count). The lowest BCUT2D eigenvalue weighted by Gasteiger charge is -2.25. The zero-order valence-corrected chi connectivity index (χ0v) is 10.5. The van der Waals surface area contributed by atoms with Crippen LogP contribution in [0, 0.1) is 0 Å². The Labute approximate surface area is 105 Å². The van der Waals surface area contributed by atoms with Crippen molar-refractivity contribution in [1.82, 2.24) is 5.32 Å². The summed E-state index contributed by atoms with van der Waals surface area (Å²) in [5.74, 6) is -2.72. The molecule has 0 saturated carbocycles. The van der Waals surface area contributed by atoms with Crippen molar-refractivity contribution in [3.05, 3.63) is 29.3 Å². The monoisotopic (exact) mass is 257 g/mol. The van der Waals surface area contributed by atoms with E-state index in [1.807, 2.05) is 0 Å². The lowest BCUT2D eigenvalue weighted by Crippen LogP contribution is -2.33. The van der Waals surface area contributed by atoms with Gasteiger partial charge in [-0.3, -0.25) is 0 Å². The minimum Gasteiger partial charge on any atom is -0.496 e. The third-order valence-corrected chi connectivity index (χ3v) is 3.00. The van der Waals surface area contributed by atoms with E-state index in [4.69, 9.17) is 9.47 Å². The van der Waals surface area contributed by atoms with Crippen molar-refractivity contribution in [2.75, 3.05) is 26.8 Å². The van der Waals surface area contributed by atoms with Crippen molar-refractivity contribution >= 4 is 0 Å². The lowest BCUT2D eigenvalue weighted by atomic mass is 10.0. The first-order valence-corrected chi connectivity index (χ1v) is 5.91. The van der Waals surface area contributed by atoms with E-state index < -0.39 is 5.92 Å². The van der Waals surface area contributed by atoms with Gasteiger partial charge in [0.25, 0.3) is 5.92 Å². The Bertz CT molecular complexity index is 412. The number of hydrogen-bond acceptors (Lipinski definition) is 3. The second-order valence-electron chi connectivity index (χ2n) is 4.41. The highest BCUT2D eigenvalue weighted by atomic mass is 19.3. The molecule has 0 bridgehead atoms. The van der Waals surface area contributed by atoms with Crippen LogP contribution in [-0.2, 0) is 10.7 Å². The molecule has 1 heterocycles. The van der Waals surface area contributed by atoms with Crippen LogP contribution in [-0.4, -0.2) is 26.8 Å². The quantitative estimate of drug-likeness (QED) is 0.902. The van der Waals surface area contributed by atoms with Gasteiger partial charge in [-0.25, -0.2) is 8.78 Å². The molecule has 18 heavy (non-hydrogen) atoms. The summed E-state index contributed by atoms with van der Waals surface area (Å²) in [4.78, 5) is 0. The molecule has 1 aromatic rings. The number of rotatable bonds is 3. The van der Waals surface area contributed by atoms with Crippen molar-refractivity contribution < 1.29 is 18.3 Å². The summed E-state index contributed by atoms with van der Waals surface area (Å²) in [6.07, 6.45) is -0.175. The predicted octanol–water partition coefficient (Wildman–Crippen LogP) is 2.47. The third kappa shape index (κ3) is 2.79. The summed E-state index contributed by atoms with van der Waals surface area (Å²) in [6, 6.07) is 4.81. The van der Waals surface area contributed by atoms with E-state index in [9.17, 15) is 8.78 Å². The van der Waals surface area contributed by atoms with E-state index in [2.05, 4.69) is 5.32 Å². The molecule has 0 aromatic heterocycles. The number of benzene rings is 1. The van der Waals surface area contributed by atoms with E-state index in [0.717, 1.165) is 19.0 Å². The van der Waals surface area contributed by atoms with Crippen LogP contribution in [0.25, 0.3) is 0 Å². The average molecular weight is 257 g/mol. The SMILES string of the molecule is COc1ccc(C2CNCCO2)cc1C(C)(F)F. The molecule has 1 fully saturated rings. The normalized spacial score (nSPS) is 20.8. The number of morpholine rings is 1. The topological polar surface area (TPSA) is 30.5 Å². The third-order valence-electron chi connectivity index (χ3n) is 3.00. The highest BCUT2D eigenvalue weighted by molar-refractivity contribution is 5.40. The van der Waals surface area contributed by atoms with E-state index in [1.54, 1.807) is 12.1 Å². The van der Waals surface area contributed by atoms with Gasteiger partial charge in [-0.15, -0.1) is 0 Å². The van der Waals surface area contributed by atoms with Crippen LogP contribution in [0.2, 0.25) is 0 Å².